The number of rotatable bonds is 6. The van der Waals surface area contributed by atoms with Crippen LogP contribution in [0, 0.1) is 0 Å². The molecule has 0 saturated heterocycles. The number of fused-ring (bicyclic) bond motifs is 1. The molecule has 2 aromatic carbocycles. The van der Waals surface area contributed by atoms with Gasteiger partial charge in [-0.3, -0.25) is 9.59 Å². The van der Waals surface area contributed by atoms with Crippen molar-refractivity contribution in [1.29, 1.82) is 0 Å². The monoisotopic (exact) mass is 364 g/mol. The summed E-state index contributed by atoms with van der Waals surface area (Å²) in [5.74, 6) is 0.437. The van der Waals surface area contributed by atoms with Crippen LogP contribution in [0.15, 0.2) is 60.7 Å². The summed E-state index contributed by atoms with van der Waals surface area (Å²) < 4.78 is 5.74. The van der Waals surface area contributed by atoms with E-state index in [4.69, 9.17) is 4.74 Å². The Balaban J connectivity index is 1.70. The minimum absolute atomic E-state index is 0.0578. The lowest BCUT2D eigenvalue weighted by Crippen LogP contribution is -2.45. The van der Waals surface area contributed by atoms with Crippen molar-refractivity contribution in [3.8, 4) is 5.75 Å². The first kappa shape index (κ1) is 18.7. The molecule has 0 aromatic heterocycles. The van der Waals surface area contributed by atoms with E-state index in [1.54, 1.807) is 30.0 Å². The van der Waals surface area contributed by atoms with Crippen LogP contribution in [0.3, 0.4) is 0 Å². The van der Waals surface area contributed by atoms with Crippen molar-refractivity contribution in [1.82, 2.24) is 0 Å². The average molecular weight is 364 g/mol. The van der Waals surface area contributed by atoms with Crippen LogP contribution >= 0.6 is 0 Å². The Morgan fingerprint density at radius 3 is 2.67 bits per heavy atom. The highest BCUT2D eigenvalue weighted by Gasteiger charge is 2.31. The van der Waals surface area contributed by atoms with Gasteiger partial charge in [0.15, 0.2) is 6.10 Å². The normalized spacial score (nSPS) is 15.7. The molecule has 0 radical (unpaired) electrons. The predicted octanol–water partition coefficient (Wildman–Crippen LogP) is 3.95. The molecular formula is C22H24N2O3. The number of nitrogens with one attached hydrogen (secondary N) is 1. The van der Waals surface area contributed by atoms with E-state index in [9.17, 15) is 9.59 Å². The van der Waals surface area contributed by atoms with Gasteiger partial charge in [-0.2, -0.15) is 0 Å². The molecule has 1 heterocycles. The van der Waals surface area contributed by atoms with Gasteiger partial charge in [0.25, 0.3) is 5.91 Å². The minimum Gasteiger partial charge on any atom is -0.479 e. The first-order chi connectivity index (χ1) is 12.9. The second-order valence-corrected chi connectivity index (χ2v) is 6.86. The molecule has 2 aromatic rings. The van der Waals surface area contributed by atoms with Crippen LogP contribution in [0.1, 0.15) is 25.8 Å². The van der Waals surface area contributed by atoms with Gasteiger partial charge in [-0.05, 0) is 38.0 Å². The molecule has 1 unspecified atom stereocenters. The van der Waals surface area contributed by atoms with Gasteiger partial charge < -0.3 is 15.0 Å². The summed E-state index contributed by atoms with van der Waals surface area (Å²) in [5, 5.41) is 2.90. The van der Waals surface area contributed by atoms with Crippen LogP contribution in [-0.4, -0.2) is 24.5 Å². The fourth-order valence-corrected chi connectivity index (χ4v) is 3.05. The number of carbonyl (C=O) groups is 2. The Labute approximate surface area is 159 Å². The van der Waals surface area contributed by atoms with Gasteiger partial charge in [-0.1, -0.05) is 42.5 Å². The molecule has 0 spiro atoms. The summed E-state index contributed by atoms with van der Waals surface area (Å²) in [5.41, 5.74) is 3.37. The summed E-state index contributed by atoms with van der Waals surface area (Å²) in [7, 11) is 0. The fraction of sp³-hybridized carbons (Fsp3) is 0.273. The van der Waals surface area contributed by atoms with Crippen molar-refractivity contribution in [3.63, 3.8) is 0 Å². The summed E-state index contributed by atoms with van der Waals surface area (Å²) in [6.07, 6.45) is 0.519. The number of nitrogens with zero attached hydrogens (tertiary/aromatic N) is 1. The third-order valence-corrected chi connectivity index (χ3v) is 4.36. The van der Waals surface area contributed by atoms with E-state index in [1.807, 2.05) is 37.3 Å². The van der Waals surface area contributed by atoms with Crippen molar-refractivity contribution in [2.45, 2.75) is 32.8 Å². The highest BCUT2D eigenvalue weighted by Crippen LogP contribution is 2.36. The van der Waals surface area contributed by atoms with Gasteiger partial charge in [0, 0.05) is 24.7 Å². The second kappa shape index (κ2) is 8.08. The Kier molecular flexibility index (Phi) is 5.60. The highest BCUT2D eigenvalue weighted by molar-refractivity contribution is 6.01. The van der Waals surface area contributed by atoms with Gasteiger partial charge in [0.05, 0.1) is 5.69 Å². The maximum Gasteiger partial charge on any atom is 0.268 e. The zero-order chi connectivity index (χ0) is 19.4. The van der Waals surface area contributed by atoms with E-state index < -0.39 is 6.10 Å². The second-order valence-electron chi connectivity index (χ2n) is 6.86. The largest absolute Gasteiger partial charge is 0.479 e. The van der Waals surface area contributed by atoms with Crippen molar-refractivity contribution >= 4 is 23.2 Å². The lowest BCUT2D eigenvalue weighted by atomic mass is 10.1. The summed E-state index contributed by atoms with van der Waals surface area (Å²) in [6.45, 7) is 7.95. The summed E-state index contributed by atoms with van der Waals surface area (Å²) >= 11 is 0. The molecule has 5 heteroatoms. The molecule has 0 fully saturated rings. The molecule has 1 aliphatic rings. The van der Waals surface area contributed by atoms with Crippen LogP contribution in [0.2, 0.25) is 0 Å². The van der Waals surface area contributed by atoms with Gasteiger partial charge in [0.1, 0.15) is 5.75 Å². The van der Waals surface area contributed by atoms with Crippen LogP contribution < -0.4 is 15.0 Å². The number of amides is 2. The maximum absolute atomic E-state index is 12.4. The molecule has 1 aliphatic heterocycles. The average Bonchev–Trinajstić information content (AvgIpc) is 2.64. The quantitative estimate of drug-likeness (QED) is 0.790. The standard InChI is InChI=1S/C22H24N2O3/c1-15(2)14-24-19-11-10-18(13-20(19)27-16(3)22(24)26)23-21(25)12-9-17-7-5-4-6-8-17/h4-8,10-11,13,16H,1,9,12,14H2,2-3H3,(H,23,25). The lowest BCUT2D eigenvalue weighted by molar-refractivity contribution is -0.125. The van der Waals surface area contributed by atoms with E-state index in [2.05, 4.69) is 11.9 Å². The highest BCUT2D eigenvalue weighted by atomic mass is 16.5. The number of hydrogen-bond acceptors (Lipinski definition) is 3. The van der Waals surface area contributed by atoms with Gasteiger partial charge >= 0.3 is 0 Å². The molecule has 1 atom stereocenters. The van der Waals surface area contributed by atoms with Crippen molar-refractivity contribution in [2.24, 2.45) is 0 Å². The molecule has 0 saturated carbocycles. The molecule has 0 aliphatic carbocycles. The number of benzene rings is 2. The van der Waals surface area contributed by atoms with Gasteiger partial charge in [-0.15, -0.1) is 0 Å². The summed E-state index contributed by atoms with van der Waals surface area (Å²) in [4.78, 5) is 26.3. The number of ether oxygens (including phenoxy) is 1. The first-order valence-electron chi connectivity index (χ1n) is 9.04. The van der Waals surface area contributed by atoms with Gasteiger partial charge in [-0.25, -0.2) is 0 Å². The SMILES string of the molecule is C=C(C)CN1C(=O)C(C)Oc2cc(NC(=O)CCc3ccccc3)ccc21. The van der Waals surface area contributed by atoms with E-state index in [1.165, 1.54) is 0 Å². The molecule has 0 bridgehead atoms. The number of carbonyl (C=O) groups excluding carboxylic acids is 2. The molecule has 2 amide bonds. The molecule has 5 nitrogen and oxygen atoms in total. The topological polar surface area (TPSA) is 58.6 Å². The predicted molar refractivity (Wildman–Crippen MR) is 107 cm³/mol. The van der Waals surface area contributed by atoms with Crippen LogP contribution in [-0.2, 0) is 16.0 Å². The third kappa shape index (κ3) is 4.56. The Morgan fingerprint density at radius 1 is 1.22 bits per heavy atom. The molecule has 140 valence electrons. The number of hydrogen-bond donors (Lipinski definition) is 1. The maximum atomic E-state index is 12.4. The van der Waals surface area contributed by atoms with E-state index in [0.717, 1.165) is 11.1 Å². The Morgan fingerprint density at radius 2 is 1.96 bits per heavy atom. The molecule has 1 N–H and O–H groups in total. The van der Waals surface area contributed by atoms with Crippen LogP contribution in [0.4, 0.5) is 11.4 Å². The van der Waals surface area contributed by atoms with E-state index >= 15 is 0 Å². The van der Waals surface area contributed by atoms with E-state index in [-0.39, 0.29) is 11.8 Å². The zero-order valence-electron chi connectivity index (χ0n) is 15.7. The van der Waals surface area contributed by atoms with Crippen molar-refractivity contribution < 1.29 is 14.3 Å². The fourth-order valence-electron chi connectivity index (χ4n) is 3.05. The number of aryl methyl sites for hydroxylation is 1. The lowest BCUT2D eigenvalue weighted by Gasteiger charge is -2.33. The van der Waals surface area contributed by atoms with Crippen LogP contribution in [0.25, 0.3) is 0 Å². The molecular weight excluding hydrogens is 340 g/mol. The van der Waals surface area contributed by atoms with Crippen molar-refractivity contribution in [2.75, 3.05) is 16.8 Å². The van der Waals surface area contributed by atoms with Crippen LogP contribution in [0.5, 0.6) is 5.75 Å². The third-order valence-electron chi connectivity index (χ3n) is 4.36. The first-order valence-corrected chi connectivity index (χ1v) is 9.04. The molecule has 27 heavy (non-hydrogen) atoms. The minimum atomic E-state index is -0.569. The summed E-state index contributed by atoms with van der Waals surface area (Å²) in [6, 6.07) is 15.3. The number of anilines is 2. The molecule has 3 rings (SSSR count). The zero-order valence-corrected chi connectivity index (χ0v) is 15.7. The van der Waals surface area contributed by atoms with Gasteiger partial charge in [0.2, 0.25) is 5.91 Å². The van der Waals surface area contributed by atoms with E-state index in [0.29, 0.717) is 36.5 Å². The Bertz CT molecular complexity index is 861. The van der Waals surface area contributed by atoms with Crippen molar-refractivity contribution in [3.05, 3.63) is 66.2 Å². The smallest absolute Gasteiger partial charge is 0.268 e. The Hall–Kier alpha value is -3.08.